The van der Waals surface area contributed by atoms with Crippen molar-refractivity contribution in [3.63, 3.8) is 0 Å². The largest absolute Gasteiger partial charge is 0.329 e. The summed E-state index contributed by atoms with van der Waals surface area (Å²) in [4.78, 5) is 2.42. The molecule has 0 saturated carbocycles. The molecular weight excluding hydrogens is 263 g/mol. The van der Waals surface area contributed by atoms with E-state index in [2.05, 4.69) is 4.90 Å². The van der Waals surface area contributed by atoms with Gasteiger partial charge in [0.25, 0.3) is 0 Å². The van der Waals surface area contributed by atoms with Gasteiger partial charge in [-0.3, -0.25) is 4.90 Å². The maximum atomic E-state index is 13.3. The van der Waals surface area contributed by atoms with Crippen LogP contribution in [0.15, 0.2) is 18.2 Å². The van der Waals surface area contributed by atoms with Crippen LogP contribution >= 0.6 is 11.6 Å². The number of hydrogen-bond acceptors (Lipinski definition) is 2. The summed E-state index contributed by atoms with van der Waals surface area (Å²) in [5.41, 5.74) is 6.96. The molecule has 1 aliphatic heterocycles. The fourth-order valence-corrected chi connectivity index (χ4v) is 2.99. The number of nitrogens with two attached hydrogens (primary N) is 1. The first-order valence-corrected chi connectivity index (χ1v) is 7.49. The van der Waals surface area contributed by atoms with Gasteiger partial charge < -0.3 is 5.73 Å². The first kappa shape index (κ1) is 14.8. The van der Waals surface area contributed by atoms with E-state index in [9.17, 15) is 4.39 Å². The van der Waals surface area contributed by atoms with Crippen molar-refractivity contribution in [3.8, 4) is 0 Å². The highest BCUT2D eigenvalue weighted by molar-refractivity contribution is 6.30. The SMILES string of the molecule is NCC(c1ccc(F)c(Cl)c1)N1CCCCCCC1. The molecule has 19 heavy (non-hydrogen) atoms. The quantitative estimate of drug-likeness (QED) is 0.916. The molecule has 0 spiro atoms. The van der Waals surface area contributed by atoms with Crippen LogP contribution < -0.4 is 5.73 Å². The predicted molar refractivity (Wildman–Crippen MR) is 77.9 cm³/mol. The number of likely N-dealkylation sites (tertiary alicyclic amines) is 1. The van der Waals surface area contributed by atoms with Crippen LogP contribution in [0.1, 0.15) is 43.7 Å². The Kier molecular flexibility index (Phi) is 5.61. The van der Waals surface area contributed by atoms with Crippen LogP contribution in [0.2, 0.25) is 5.02 Å². The zero-order chi connectivity index (χ0) is 13.7. The molecule has 1 atom stereocenters. The molecule has 1 aliphatic rings. The van der Waals surface area contributed by atoms with Crippen LogP contribution in [0.4, 0.5) is 4.39 Å². The molecular formula is C15H22ClFN2. The van der Waals surface area contributed by atoms with Crippen LogP contribution in [0, 0.1) is 5.82 Å². The second-order valence-corrected chi connectivity index (χ2v) is 5.64. The normalized spacial score (nSPS) is 19.7. The Balaban J connectivity index is 2.14. The standard InChI is InChI=1S/C15H22ClFN2/c16-13-10-12(6-7-14(13)17)15(11-18)19-8-4-2-1-3-5-9-19/h6-7,10,15H,1-5,8-9,11,18H2. The van der Waals surface area contributed by atoms with Crippen molar-refractivity contribution in [1.82, 2.24) is 4.90 Å². The summed E-state index contributed by atoms with van der Waals surface area (Å²) in [7, 11) is 0. The molecule has 1 saturated heterocycles. The van der Waals surface area contributed by atoms with Gasteiger partial charge in [-0.1, -0.05) is 36.9 Å². The number of rotatable bonds is 3. The molecule has 0 amide bonds. The van der Waals surface area contributed by atoms with E-state index < -0.39 is 0 Å². The molecule has 0 bridgehead atoms. The zero-order valence-corrected chi connectivity index (χ0v) is 12.0. The van der Waals surface area contributed by atoms with E-state index >= 15 is 0 Å². The molecule has 0 aromatic heterocycles. The lowest BCUT2D eigenvalue weighted by Crippen LogP contribution is -2.36. The minimum Gasteiger partial charge on any atom is -0.329 e. The second kappa shape index (κ2) is 7.22. The first-order chi connectivity index (χ1) is 9.22. The van der Waals surface area contributed by atoms with Crippen LogP contribution in [0.5, 0.6) is 0 Å². The molecule has 0 radical (unpaired) electrons. The van der Waals surface area contributed by atoms with E-state index in [1.54, 1.807) is 12.1 Å². The second-order valence-electron chi connectivity index (χ2n) is 5.23. The Morgan fingerprint density at radius 2 is 1.79 bits per heavy atom. The smallest absolute Gasteiger partial charge is 0.141 e. The van der Waals surface area contributed by atoms with E-state index in [1.807, 2.05) is 0 Å². The molecule has 2 nitrogen and oxygen atoms in total. The number of halogens is 2. The average Bonchev–Trinajstić information content (AvgIpc) is 2.36. The molecule has 106 valence electrons. The molecule has 1 fully saturated rings. The topological polar surface area (TPSA) is 29.3 Å². The van der Waals surface area contributed by atoms with Gasteiger partial charge in [0.15, 0.2) is 0 Å². The summed E-state index contributed by atoms with van der Waals surface area (Å²) in [5.74, 6) is -0.367. The molecule has 1 heterocycles. The van der Waals surface area contributed by atoms with E-state index in [0.717, 1.165) is 18.7 Å². The van der Waals surface area contributed by atoms with Crippen molar-refractivity contribution >= 4 is 11.6 Å². The van der Waals surface area contributed by atoms with Gasteiger partial charge in [-0.2, -0.15) is 0 Å². The first-order valence-electron chi connectivity index (χ1n) is 7.11. The van der Waals surface area contributed by atoms with Crippen molar-refractivity contribution in [2.75, 3.05) is 19.6 Å². The van der Waals surface area contributed by atoms with Gasteiger partial charge >= 0.3 is 0 Å². The molecule has 2 rings (SSSR count). The fraction of sp³-hybridized carbons (Fsp3) is 0.600. The van der Waals surface area contributed by atoms with Gasteiger partial charge in [0.1, 0.15) is 5.82 Å². The van der Waals surface area contributed by atoms with Crippen LogP contribution in [-0.2, 0) is 0 Å². The minimum atomic E-state index is -0.367. The Bertz CT molecular complexity index is 403. The lowest BCUT2D eigenvalue weighted by atomic mass is 10.0. The third-order valence-corrected chi connectivity index (χ3v) is 4.17. The van der Waals surface area contributed by atoms with Gasteiger partial charge in [-0.15, -0.1) is 0 Å². The van der Waals surface area contributed by atoms with Crippen molar-refractivity contribution in [3.05, 3.63) is 34.6 Å². The van der Waals surface area contributed by atoms with Crippen LogP contribution in [0.25, 0.3) is 0 Å². The minimum absolute atomic E-state index is 0.149. The molecule has 0 aliphatic carbocycles. The van der Waals surface area contributed by atoms with Gasteiger partial charge in [-0.05, 0) is 43.6 Å². The van der Waals surface area contributed by atoms with Crippen molar-refractivity contribution in [2.24, 2.45) is 5.73 Å². The molecule has 1 unspecified atom stereocenters. The van der Waals surface area contributed by atoms with E-state index in [4.69, 9.17) is 17.3 Å². The Hall–Kier alpha value is -0.640. The summed E-state index contributed by atoms with van der Waals surface area (Å²) in [6, 6.07) is 5.10. The summed E-state index contributed by atoms with van der Waals surface area (Å²) in [6.45, 7) is 2.68. The van der Waals surface area contributed by atoms with Gasteiger partial charge in [0.05, 0.1) is 5.02 Å². The summed E-state index contributed by atoms with van der Waals surface area (Å²) >= 11 is 5.88. The number of nitrogens with zero attached hydrogens (tertiary/aromatic N) is 1. The van der Waals surface area contributed by atoms with E-state index in [0.29, 0.717) is 6.54 Å². The third-order valence-electron chi connectivity index (χ3n) is 3.88. The van der Waals surface area contributed by atoms with Gasteiger partial charge in [0.2, 0.25) is 0 Å². The lowest BCUT2D eigenvalue weighted by Gasteiger charge is -2.32. The summed E-state index contributed by atoms with van der Waals surface area (Å²) in [6.07, 6.45) is 6.34. The Morgan fingerprint density at radius 1 is 1.16 bits per heavy atom. The van der Waals surface area contributed by atoms with Gasteiger partial charge in [0, 0.05) is 12.6 Å². The fourth-order valence-electron chi connectivity index (χ4n) is 2.80. The molecule has 2 N–H and O–H groups in total. The summed E-state index contributed by atoms with van der Waals surface area (Å²) in [5, 5.41) is 0.183. The molecule has 1 aromatic rings. The monoisotopic (exact) mass is 284 g/mol. The highest BCUT2D eigenvalue weighted by atomic mass is 35.5. The van der Waals surface area contributed by atoms with Crippen LogP contribution in [-0.4, -0.2) is 24.5 Å². The van der Waals surface area contributed by atoms with E-state index in [-0.39, 0.29) is 16.9 Å². The van der Waals surface area contributed by atoms with Crippen molar-refractivity contribution in [2.45, 2.75) is 38.1 Å². The number of hydrogen-bond donors (Lipinski definition) is 1. The number of benzene rings is 1. The average molecular weight is 285 g/mol. The van der Waals surface area contributed by atoms with E-state index in [1.165, 1.54) is 38.2 Å². The third kappa shape index (κ3) is 3.91. The van der Waals surface area contributed by atoms with Crippen molar-refractivity contribution < 1.29 is 4.39 Å². The maximum Gasteiger partial charge on any atom is 0.141 e. The Morgan fingerprint density at radius 3 is 2.37 bits per heavy atom. The molecule has 4 heteroatoms. The van der Waals surface area contributed by atoms with Crippen molar-refractivity contribution in [1.29, 1.82) is 0 Å². The summed E-state index contributed by atoms with van der Waals surface area (Å²) < 4.78 is 13.3. The maximum absolute atomic E-state index is 13.3. The zero-order valence-electron chi connectivity index (χ0n) is 11.2. The highest BCUT2D eigenvalue weighted by Crippen LogP contribution is 2.26. The lowest BCUT2D eigenvalue weighted by molar-refractivity contribution is 0.183. The van der Waals surface area contributed by atoms with Crippen LogP contribution in [0.3, 0.4) is 0 Å². The Labute approximate surface area is 119 Å². The van der Waals surface area contributed by atoms with Gasteiger partial charge in [-0.25, -0.2) is 4.39 Å². The highest BCUT2D eigenvalue weighted by Gasteiger charge is 2.20. The predicted octanol–water partition coefficient (Wildman–Crippen LogP) is 3.75. The molecule has 1 aromatic carbocycles.